The molecule has 0 N–H and O–H groups in total. The van der Waals surface area contributed by atoms with Gasteiger partial charge in [0.05, 0.1) is 17.3 Å². The van der Waals surface area contributed by atoms with Crippen molar-refractivity contribution >= 4 is 11.6 Å². The minimum Gasteiger partial charge on any atom is -0.330 e. The maximum absolute atomic E-state index is 13.5. The van der Waals surface area contributed by atoms with Gasteiger partial charge in [-0.25, -0.2) is 19.5 Å². The van der Waals surface area contributed by atoms with Crippen molar-refractivity contribution in [3.05, 3.63) is 53.5 Å². The van der Waals surface area contributed by atoms with Crippen LogP contribution in [0.3, 0.4) is 0 Å². The largest absolute Gasteiger partial charge is 0.433 e. The molecule has 3 aromatic heterocycles. The van der Waals surface area contributed by atoms with Crippen LogP contribution in [0.1, 0.15) is 53.2 Å². The number of hydrogen-bond acceptors (Lipinski definition) is 5. The number of carbonyl (C=O) groups is 1. The molecule has 1 saturated heterocycles. The first kappa shape index (κ1) is 18.3. The van der Waals surface area contributed by atoms with Gasteiger partial charge in [-0.05, 0) is 25.3 Å². The fourth-order valence-corrected chi connectivity index (χ4v) is 3.48. The third kappa shape index (κ3) is 3.19. The highest BCUT2D eigenvalue weighted by Crippen LogP contribution is 2.35. The molecule has 28 heavy (non-hydrogen) atoms. The smallest absolute Gasteiger partial charge is 0.330 e. The lowest BCUT2D eigenvalue weighted by atomic mass is 10.1. The second-order valence-electron chi connectivity index (χ2n) is 6.61. The van der Waals surface area contributed by atoms with Gasteiger partial charge in [0.1, 0.15) is 12.0 Å². The number of amides is 1. The third-order valence-corrected chi connectivity index (χ3v) is 4.81. The van der Waals surface area contributed by atoms with Crippen LogP contribution in [0.15, 0.2) is 30.9 Å². The maximum atomic E-state index is 13.5. The predicted molar refractivity (Wildman–Crippen MR) is 92.4 cm³/mol. The highest BCUT2D eigenvalue weighted by Gasteiger charge is 2.37. The Labute approximate surface area is 158 Å². The number of fused-ring (bicyclic) bond motifs is 1. The number of aryl methyl sites for hydroxylation is 1. The molecule has 146 valence electrons. The van der Waals surface area contributed by atoms with Gasteiger partial charge in [-0.2, -0.15) is 18.3 Å². The van der Waals surface area contributed by atoms with Crippen molar-refractivity contribution in [1.29, 1.82) is 0 Å². The van der Waals surface area contributed by atoms with Crippen LogP contribution in [0, 0.1) is 0 Å². The molecule has 10 heteroatoms. The maximum Gasteiger partial charge on any atom is 0.433 e. The molecule has 1 aliphatic rings. The van der Waals surface area contributed by atoms with Crippen molar-refractivity contribution < 1.29 is 18.0 Å². The van der Waals surface area contributed by atoms with Crippen LogP contribution >= 0.6 is 0 Å². The average Bonchev–Trinajstić information content (AvgIpc) is 3.32. The van der Waals surface area contributed by atoms with Crippen LogP contribution in [0.25, 0.3) is 5.65 Å². The molecule has 0 radical (unpaired) electrons. The normalized spacial score (nSPS) is 17.4. The molecule has 0 unspecified atom stereocenters. The fourth-order valence-electron chi connectivity index (χ4n) is 3.48. The van der Waals surface area contributed by atoms with Gasteiger partial charge in [0.15, 0.2) is 5.65 Å². The molecular formula is C18H17F3N6O. The van der Waals surface area contributed by atoms with E-state index in [4.69, 9.17) is 0 Å². The Morgan fingerprint density at radius 1 is 1.25 bits per heavy atom. The van der Waals surface area contributed by atoms with E-state index >= 15 is 0 Å². The standard InChI is InChI=1S/C18H17F3N6O/c1-2-12-6-15(18(19,20)21)27-16(24-12)7-13(25-27)14-4-3-5-26(14)17(28)11-8-22-10-23-9-11/h6-10,14H,2-5H2,1H3/t14-/m0/s1. The van der Waals surface area contributed by atoms with E-state index in [2.05, 4.69) is 20.1 Å². The molecule has 1 atom stereocenters. The molecule has 0 bridgehead atoms. The van der Waals surface area contributed by atoms with Gasteiger partial charge < -0.3 is 4.90 Å². The average molecular weight is 390 g/mol. The van der Waals surface area contributed by atoms with E-state index in [0.717, 1.165) is 17.0 Å². The zero-order valence-electron chi connectivity index (χ0n) is 15.0. The minimum atomic E-state index is -4.55. The first-order valence-electron chi connectivity index (χ1n) is 8.91. The summed E-state index contributed by atoms with van der Waals surface area (Å²) in [6, 6.07) is 2.13. The summed E-state index contributed by atoms with van der Waals surface area (Å²) in [7, 11) is 0. The molecular weight excluding hydrogens is 373 g/mol. The van der Waals surface area contributed by atoms with Crippen LogP contribution in [0.2, 0.25) is 0 Å². The summed E-state index contributed by atoms with van der Waals surface area (Å²) in [5, 5.41) is 4.17. The Balaban J connectivity index is 1.75. The summed E-state index contributed by atoms with van der Waals surface area (Å²) in [5.41, 5.74) is 0.332. The Morgan fingerprint density at radius 2 is 2.00 bits per heavy atom. The Hall–Kier alpha value is -3.04. The van der Waals surface area contributed by atoms with Crippen LogP contribution in [-0.4, -0.2) is 41.9 Å². The molecule has 0 saturated carbocycles. The van der Waals surface area contributed by atoms with Crippen LogP contribution in [0.5, 0.6) is 0 Å². The molecule has 1 aliphatic heterocycles. The number of likely N-dealkylation sites (tertiary alicyclic amines) is 1. The third-order valence-electron chi connectivity index (χ3n) is 4.81. The Morgan fingerprint density at radius 3 is 2.68 bits per heavy atom. The van der Waals surface area contributed by atoms with Crippen LogP contribution in [-0.2, 0) is 12.6 Å². The second kappa shape index (κ2) is 6.84. The first-order chi connectivity index (χ1) is 13.4. The quantitative estimate of drug-likeness (QED) is 0.687. The van der Waals surface area contributed by atoms with Crippen molar-refractivity contribution in [2.45, 2.75) is 38.4 Å². The monoisotopic (exact) mass is 390 g/mol. The summed E-state index contributed by atoms with van der Waals surface area (Å²) < 4.78 is 41.3. The predicted octanol–water partition coefficient (Wildman–Crippen LogP) is 3.08. The van der Waals surface area contributed by atoms with Crippen LogP contribution < -0.4 is 0 Å². The topological polar surface area (TPSA) is 76.3 Å². The highest BCUT2D eigenvalue weighted by molar-refractivity contribution is 5.94. The van der Waals surface area contributed by atoms with Gasteiger partial charge >= 0.3 is 6.18 Å². The van der Waals surface area contributed by atoms with E-state index in [1.165, 1.54) is 24.8 Å². The van der Waals surface area contributed by atoms with Crippen molar-refractivity contribution in [2.24, 2.45) is 0 Å². The number of hydrogen-bond donors (Lipinski definition) is 0. The van der Waals surface area contributed by atoms with Crippen molar-refractivity contribution in [3.63, 3.8) is 0 Å². The molecule has 3 aromatic rings. The zero-order valence-corrected chi connectivity index (χ0v) is 15.0. The zero-order chi connectivity index (χ0) is 19.9. The van der Waals surface area contributed by atoms with E-state index in [1.54, 1.807) is 11.8 Å². The summed E-state index contributed by atoms with van der Waals surface area (Å²) in [5.74, 6) is -0.265. The SMILES string of the molecule is CCc1cc(C(F)(F)F)n2nc([C@@H]3CCCN3C(=O)c3cncnc3)cc2n1. The Kier molecular flexibility index (Phi) is 4.48. The first-order valence-corrected chi connectivity index (χ1v) is 8.91. The highest BCUT2D eigenvalue weighted by atomic mass is 19.4. The number of aromatic nitrogens is 5. The lowest BCUT2D eigenvalue weighted by Gasteiger charge is -2.23. The lowest BCUT2D eigenvalue weighted by Crippen LogP contribution is -2.31. The van der Waals surface area contributed by atoms with Gasteiger partial charge in [-0.1, -0.05) is 6.92 Å². The summed E-state index contributed by atoms with van der Waals surface area (Å²) >= 11 is 0. The fraction of sp³-hybridized carbons (Fsp3) is 0.389. The summed E-state index contributed by atoms with van der Waals surface area (Å²) in [4.78, 5) is 26.4. The molecule has 1 fully saturated rings. The molecule has 4 heterocycles. The van der Waals surface area contributed by atoms with E-state index < -0.39 is 17.9 Å². The van der Waals surface area contributed by atoms with E-state index in [0.29, 0.717) is 36.3 Å². The van der Waals surface area contributed by atoms with Crippen molar-refractivity contribution in [1.82, 2.24) is 29.5 Å². The number of carbonyl (C=O) groups excluding carboxylic acids is 1. The number of alkyl halides is 3. The Bertz CT molecular complexity index is 1020. The van der Waals surface area contributed by atoms with E-state index in [9.17, 15) is 18.0 Å². The minimum absolute atomic E-state index is 0.129. The number of nitrogens with zero attached hydrogens (tertiary/aromatic N) is 6. The molecule has 0 aliphatic carbocycles. The number of rotatable bonds is 3. The molecule has 0 spiro atoms. The molecule has 4 rings (SSSR count). The van der Waals surface area contributed by atoms with Gasteiger partial charge in [0.25, 0.3) is 5.91 Å². The number of halogens is 3. The lowest BCUT2D eigenvalue weighted by molar-refractivity contribution is -0.142. The van der Waals surface area contributed by atoms with Gasteiger partial charge in [-0.3, -0.25) is 4.79 Å². The van der Waals surface area contributed by atoms with Crippen LogP contribution in [0.4, 0.5) is 13.2 Å². The molecule has 7 nitrogen and oxygen atoms in total. The van der Waals surface area contributed by atoms with E-state index in [1.807, 2.05) is 0 Å². The van der Waals surface area contributed by atoms with Gasteiger partial charge in [0, 0.05) is 30.7 Å². The summed E-state index contributed by atoms with van der Waals surface area (Å²) in [6.45, 7) is 2.24. The van der Waals surface area contributed by atoms with Gasteiger partial charge in [0.2, 0.25) is 0 Å². The van der Waals surface area contributed by atoms with Gasteiger partial charge in [-0.15, -0.1) is 0 Å². The second-order valence-corrected chi connectivity index (χ2v) is 6.61. The van der Waals surface area contributed by atoms with E-state index in [-0.39, 0.29) is 11.6 Å². The molecule has 1 amide bonds. The van der Waals surface area contributed by atoms with Crippen molar-refractivity contribution in [3.8, 4) is 0 Å². The molecule has 0 aromatic carbocycles. The summed E-state index contributed by atoms with van der Waals surface area (Å²) in [6.07, 6.45) is 1.35. The van der Waals surface area contributed by atoms with Crippen molar-refractivity contribution in [2.75, 3.05) is 6.54 Å².